The Morgan fingerprint density at radius 3 is 2.67 bits per heavy atom. The monoisotopic (exact) mass is 394 g/mol. The SMILES string of the molecule is Nc1nc(-c2cccc(OCc3ccccc3)c2)c(-c2ccnc(Cl)n2)s1. The molecule has 7 heteroatoms. The molecule has 0 saturated carbocycles. The highest BCUT2D eigenvalue weighted by molar-refractivity contribution is 7.19. The van der Waals surface area contributed by atoms with Crippen LogP contribution in [0.2, 0.25) is 5.28 Å². The van der Waals surface area contributed by atoms with E-state index < -0.39 is 0 Å². The molecule has 4 rings (SSSR count). The summed E-state index contributed by atoms with van der Waals surface area (Å²) in [5.74, 6) is 0.759. The number of halogens is 1. The topological polar surface area (TPSA) is 73.9 Å². The third kappa shape index (κ3) is 4.07. The second-order valence-corrected chi connectivity index (χ2v) is 7.11. The van der Waals surface area contributed by atoms with Gasteiger partial charge in [0, 0.05) is 11.8 Å². The number of hydrogen-bond donors (Lipinski definition) is 1. The van der Waals surface area contributed by atoms with E-state index in [1.807, 2.05) is 54.6 Å². The van der Waals surface area contributed by atoms with Gasteiger partial charge in [0.25, 0.3) is 0 Å². The number of nitrogens with two attached hydrogens (primary N) is 1. The van der Waals surface area contributed by atoms with Crippen LogP contribution in [-0.2, 0) is 6.61 Å². The highest BCUT2D eigenvalue weighted by Crippen LogP contribution is 2.38. The highest BCUT2D eigenvalue weighted by Gasteiger charge is 2.16. The molecule has 5 nitrogen and oxygen atoms in total. The third-order valence-electron chi connectivity index (χ3n) is 3.86. The molecule has 0 atom stereocenters. The first kappa shape index (κ1) is 17.5. The summed E-state index contributed by atoms with van der Waals surface area (Å²) in [6, 6.07) is 19.6. The molecule has 0 aliphatic rings. The average molecular weight is 395 g/mol. The molecule has 0 fully saturated rings. The average Bonchev–Trinajstić information content (AvgIpc) is 3.09. The van der Waals surface area contributed by atoms with Crippen molar-refractivity contribution in [2.75, 3.05) is 5.73 Å². The van der Waals surface area contributed by atoms with Gasteiger partial charge in [0.05, 0.1) is 16.3 Å². The number of benzene rings is 2. The number of hydrogen-bond acceptors (Lipinski definition) is 6. The summed E-state index contributed by atoms with van der Waals surface area (Å²) in [6.45, 7) is 0.498. The lowest BCUT2D eigenvalue weighted by Crippen LogP contribution is -1.95. The summed E-state index contributed by atoms with van der Waals surface area (Å²) >= 11 is 7.30. The summed E-state index contributed by atoms with van der Waals surface area (Å²) in [5, 5.41) is 0.649. The maximum atomic E-state index is 5.96. The molecule has 27 heavy (non-hydrogen) atoms. The maximum Gasteiger partial charge on any atom is 0.222 e. The standard InChI is InChI=1S/C20H15ClN4OS/c21-19-23-10-9-16(24-19)18-17(25-20(22)27-18)14-7-4-8-15(11-14)26-12-13-5-2-1-3-6-13/h1-11H,12H2,(H2,22,25). The summed E-state index contributed by atoms with van der Waals surface area (Å²) in [5.41, 5.74) is 9.41. The highest BCUT2D eigenvalue weighted by atomic mass is 35.5. The van der Waals surface area contributed by atoms with Gasteiger partial charge in [-0.1, -0.05) is 53.8 Å². The lowest BCUT2D eigenvalue weighted by atomic mass is 10.1. The summed E-state index contributed by atoms with van der Waals surface area (Å²) < 4.78 is 5.92. The Balaban J connectivity index is 1.64. The van der Waals surface area contributed by atoms with Gasteiger partial charge in [0.2, 0.25) is 5.28 Å². The second-order valence-electron chi connectivity index (χ2n) is 5.74. The van der Waals surface area contributed by atoms with Gasteiger partial charge in [-0.25, -0.2) is 15.0 Å². The van der Waals surface area contributed by atoms with Crippen LogP contribution in [0.5, 0.6) is 5.75 Å². The Hall–Kier alpha value is -2.96. The molecule has 0 radical (unpaired) electrons. The third-order valence-corrected chi connectivity index (χ3v) is 4.95. The molecule has 0 bridgehead atoms. The summed E-state index contributed by atoms with van der Waals surface area (Å²) in [7, 11) is 0. The fourth-order valence-electron chi connectivity index (χ4n) is 2.64. The van der Waals surface area contributed by atoms with Crippen LogP contribution in [0.15, 0.2) is 66.9 Å². The zero-order valence-corrected chi connectivity index (χ0v) is 15.7. The molecular formula is C20H15ClN4OS. The van der Waals surface area contributed by atoms with E-state index in [2.05, 4.69) is 15.0 Å². The van der Waals surface area contributed by atoms with Crippen LogP contribution in [0, 0.1) is 0 Å². The van der Waals surface area contributed by atoms with Gasteiger partial charge in [-0.15, -0.1) is 0 Å². The molecule has 0 saturated heterocycles. The van der Waals surface area contributed by atoms with Crippen molar-refractivity contribution in [1.29, 1.82) is 0 Å². The number of anilines is 1. The number of ether oxygens (including phenoxy) is 1. The lowest BCUT2D eigenvalue weighted by Gasteiger charge is -2.08. The number of nitrogen functional groups attached to an aromatic ring is 1. The van der Waals surface area contributed by atoms with Crippen molar-refractivity contribution in [1.82, 2.24) is 15.0 Å². The first-order chi connectivity index (χ1) is 13.2. The fourth-order valence-corrected chi connectivity index (χ4v) is 3.61. The Morgan fingerprint density at radius 1 is 1.00 bits per heavy atom. The smallest absolute Gasteiger partial charge is 0.222 e. The predicted octanol–water partition coefficient (Wildman–Crippen LogP) is 5.08. The fraction of sp³-hybridized carbons (Fsp3) is 0.0500. The molecule has 0 aliphatic heterocycles. The van der Waals surface area contributed by atoms with Crippen molar-refractivity contribution in [3.05, 3.63) is 77.7 Å². The van der Waals surface area contributed by atoms with Gasteiger partial charge in [-0.3, -0.25) is 0 Å². The molecule has 0 spiro atoms. The Morgan fingerprint density at radius 2 is 1.85 bits per heavy atom. The molecule has 0 aliphatic carbocycles. The van der Waals surface area contributed by atoms with Crippen molar-refractivity contribution < 1.29 is 4.74 Å². The second kappa shape index (κ2) is 7.73. The van der Waals surface area contributed by atoms with Crippen molar-refractivity contribution in [3.8, 4) is 27.6 Å². The van der Waals surface area contributed by atoms with Crippen LogP contribution in [-0.4, -0.2) is 15.0 Å². The minimum atomic E-state index is 0.186. The van der Waals surface area contributed by atoms with E-state index in [4.69, 9.17) is 22.1 Å². The molecule has 2 aromatic carbocycles. The molecule has 134 valence electrons. The molecule has 2 aromatic heterocycles. The number of rotatable bonds is 5. The minimum Gasteiger partial charge on any atom is -0.489 e. The Kier molecular flexibility index (Phi) is 5.00. The Bertz CT molecular complexity index is 1070. The summed E-state index contributed by atoms with van der Waals surface area (Å²) in [6.07, 6.45) is 1.61. The van der Waals surface area contributed by atoms with Gasteiger partial charge < -0.3 is 10.5 Å². The van der Waals surface area contributed by atoms with Gasteiger partial charge in [-0.05, 0) is 35.4 Å². The van der Waals surface area contributed by atoms with Crippen LogP contribution in [0.25, 0.3) is 21.8 Å². The largest absolute Gasteiger partial charge is 0.489 e. The van der Waals surface area contributed by atoms with Crippen molar-refractivity contribution in [2.24, 2.45) is 0 Å². The van der Waals surface area contributed by atoms with Gasteiger partial charge in [-0.2, -0.15) is 0 Å². The van der Waals surface area contributed by atoms with E-state index in [9.17, 15) is 0 Å². The van der Waals surface area contributed by atoms with Crippen LogP contribution in [0.1, 0.15) is 5.56 Å². The zero-order valence-electron chi connectivity index (χ0n) is 14.2. The molecule has 2 heterocycles. The van der Waals surface area contributed by atoms with Gasteiger partial charge in [0.1, 0.15) is 12.4 Å². The number of aromatic nitrogens is 3. The maximum absolute atomic E-state index is 5.96. The normalized spacial score (nSPS) is 10.7. The van der Waals surface area contributed by atoms with E-state index in [1.165, 1.54) is 11.3 Å². The van der Waals surface area contributed by atoms with Crippen LogP contribution < -0.4 is 10.5 Å². The van der Waals surface area contributed by atoms with Crippen molar-refractivity contribution in [2.45, 2.75) is 6.61 Å². The number of thiazole rings is 1. The molecular weight excluding hydrogens is 380 g/mol. The van der Waals surface area contributed by atoms with Crippen LogP contribution in [0.3, 0.4) is 0 Å². The van der Waals surface area contributed by atoms with E-state index in [0.29, 0.717) is 17.4 Å². The first-order valence-corrected chi connectivity index (χ1v) is 9.41. The van der Waals surface area contributed by atoms with E-state index in [-0.39, 0.29) is 5.28 Å². The molecule has 0 unspecified atom stereocenters. The first-order valence-electron chi connectivity index (χ1n) is 8.21. The van der Waals surface area contributed by atoms with E-state index in [1.54, 1.807) is 12.3 Å². The number of nitrogens with zero attached hydrogens (tertiary/aromatic N) is 3. The van der Waals surface area contributed by atoms with Gasteiger partial charge >= 0.3 is 0 Å². The minimum absolute atomic E-state index is 0.186. The van der Waals surface area contributed by atoms with E-state index >= 15 is 0 Å². The van der Waals surface area contributed by atoms with E-state index in [0.717, 1.165) is 27.4 Å². The van der Waals surface area contributed by atoms with Crippen LogP contribution in [0.4, 0.5) is 5.13 Å². The van der Waals surface area contributed by atoms with Gasteiger partial charge in [0.15, 0.2) is 5.13 Å². The van der Waals surface area contributed by atoms with Crippen molar-refractivity contribution >= 4 is 28.1 Å². The summed E-state index contributed by atoms with van der Waals surface area (Å²) in [4.78, 5) is 13.5. The lowest BCUT2D eigenvalue weighted by molar-refractivity contribution is 0.306. The predicted molar refractivity (Wildman–Crippen MR) is 109 cm³/mol. The Labute approximate surface area is 165 Å². The quantitative estimate of drug-likeness (QED) is 0.477. The molecule has 0 amide bonds. The molecule has 2 N–H and O–H groups in total. The van der Waals surface area contributed by atoms with Crippen LogP contribution >= 0.6 is 22.9 Å². The molecule has 4 aromatic rings. The van der Waals surface area contributed by atoms with Crippen molar-refractivity contribution in [3.63, 3.8) is 0 Å². The zero-order chi connectivity index (χ0) is 18.6.